The summed E-state index contributed by atoms with van der Waals surface area (Å²) >= 11 is 18.0. The number of carbonyl (C=O) groups excluding carboxylic acids is 1. The topological polar surface area (TPSA) is 67.3 Å². The number of imidazole rings is 1. The summed E-state index contributed by atoms with van der Waals surface area (Å²) in [7, 11) is 0. The van der Waals surface area contributed by atoms with E-state index in [-0.39, 0.29) is 13.2 Å². The van der Waals surface area contributed by atoms with Gasteiger partial charge in [0.1, 0.15) is 6.61 Å². The van der Waals surface area contributed by atoms with E-state index in [1.165, 1.54) is 29.4 Å². The van der Waals surface area contributed by atoms with E-state index in [1.54, 1.807) is 0 Å². The highest BCUT2D eigenvalue weighted by Crippen LogP contribution is 2.35. The van der Waals surface area contributed by atoms with Crippen LogP contribution in [-0.4, -0.2) is 40.2 Å². The summed E-state index contributed by atoms with van der Waals surface area (Å²) in [5.74, 6) is 0.311. The van der Waals surface area contributed by atoms with Gasteiger partial charge in [-0.2, -0.15) is 0 Å². The number of aromatic nitrogens is 2. The summed E-state index contributed by atoms with van der Waals surface area (Å²) in [4.78, 5) is 27.9. The van der Waals surface area contributed by atoms with Crippen molar-refractivity contribution in [1.82, 2.24) is 14.5 Å². The van der Waals surface area contributed by atoms with E-state index >= 15 is 0 Å². The zero-order valence-electron chi connectivity index (χ0n) is 12.9. The van der Waals surface area contributed by atoms with Gasteiger partial charge in [0.15, 0.2) is 5.75 Å². The molecule has 0 aliphatic carbocycles. The van der Waals surface area contributed by atoms with Gasteiger partial charge in [0.25, 0.3) is 0 Å². The maximum Gasteiger partial charge on any atom is 0.333 e. The summed E-state index contributed by atoms with van der Waals surface area (Å²) in [5.41, 5.74) is -0.481. The van der Waals surface area contributed by atoms with E-state index in [1.807, 2.05) is 6.92 Å². The zero-order valence-corrected chi connectivity index (χ0v) is 15.2. The predicted octanol–water partition coefficient (Wildman–Crippen LogP) is 3.90. The number of aromatic amines is 1. The van der Waals surface area contributed by atoms with Crippen LogP contribution in [0.5, 0.6) is 5.75 Å². The molecule has 0 saturated heterocycles. The molecule has 1 heterocycles. The molecule has 0 radical (unpaired) electrons. The van der Waals surface area contributed by atoms with Gasteiger partial charge in [-0.25, -0.2) is 14.2 Å². The van der Waals surface area contributed by atoms with Crippen molar-refractivity contribution in [3.8, 4) is 5.75 Å². The molecular weight excluding hydrogens is 377 g/mol. The van der Waals surface area contributed by atoms with Crippen LogP contribution in [0.4, 0.5) is 4.79 Å². The standard InChI is InChI=1S/C15H16Cl3N3O3/c1-2-4-20(15(23)21-5-3-19-14(21)22)6-7-24-13-11(17)8-10(16)9-12(13)18/h3,5,8-9H,2,4,6-7H2,1H3,(H,19,22). The highest BCUT2D eigenvalue weighted by molar-refractivity contribution is 6.40. The maximum atomic E-state index is 12.4. The van der Waals surface area contributed by atoms with Crippen molar-refractivity contribution < 1.29 is 9.53 Å². The molecule has 1 amide bonds. The molecule has 6 nitrogen and oxygen atoms in total. The lowest BCUT2D eigenvalue weighted by atomic mass is 10.3. The van der Waals surface area contributed by atoms with Gasteiger partial charge >= 0.3 is 11.7 Å². The van der Waals surface area contributed by atoms with Crippen LogP contribution < -0.4 is 10.4 Å². The average molecular weight is 393 g/mol. The third-order valence-electron chi connectivity index (χ3n) is 3.19. The van der Waals surface area contributed by atoms with Gasteiger partial charge in [-0.3, -0.25) is 0 Å². The summed E-state index contributed by atoms with van der Waals surface area (Å²) in [6.07, 6.45) is 3.54. The molecule has 0 spiro atoms. The summed E-state index contributed by atoms with van der Waals surface area (Å²) in [5, 5.41) is 0.998. The minimum Gasteiger partial charge on any atom is -0.489 e. The predicted molar refractivity (Wildman–Crippen MR) is 94.7 cm³/mol. The van der Waals surface area contributed by atoms with Crippen LogP contribution in [0.3, 0.4) is 0 Å². The monoisotopic (exact) mass is 391 g/mol. The van der Waals surface area contributed by atoms with Crippen molar-refractivity contribution in [2.45, 2.75) is 13.3 Å². The SMILES string of the molecule is CCCN(CCOc1c(Cl)cc(Cl)cc1Cl)C(=O)n1cc[nH]c1=O. The first-order valence-corrected chi connectivity index (χ1v) is 8.40. The van der Waals surface area contributed by atoms with Crippen LogP contribution in [0.15, 0.2) is 29.3 Å². The molecule has 0 bridgehead atoms. The molecule has 0 atom stereocenters. The Morgan fingerprint density at radius 3 is 2.46 bits per heavy atom. The number of halogens is 3. The number of carbonyl (C=O) groups is 1. The molecule has 0 aliphatic heterocycles. The first-order valence-electron chi connectivity index (χ1n) is 7.26. The number of nitrogens with zero attached hydrogens (tertiary/aromatic N) is 2. The molecule has 2 aromatic rings. The second kappa shape index (κ2) is 8.46. The lowest BCUT2D eigenvalue weighted by molar-refractivity contribution is 0.183. The van der Waals surface area contributed by atoms with E-state index in [2.05, 4.69) is 4.98 Å². The lowest BCUT2D eigenvalue weighted by Gasteiger charge is -2.22. The number of ether oxygens (including phenoxy) is 1. The Morgan fingerprint density at radius 1 is 1.25 bits per heavy atom. The van der Waals surface area contributed by atoms with Crippen molar-refractivity contribution in [2.75, 3.05) is 19.7 Å². The molecule has 0 unspecified atom stereocenters. The second-order valence-electron chi connectivity index (χ2n) is 4.95. The van der Waals surface area contributed by atoms with Crippen molar-refractivity contribution in [3.05, 3.63) is 50.1 Å². The Bertz CT molecular complexity index is 750. The van der Waals surface area contributed by atoms with Crippen LogP contribution >= 0.6 is 34.8 Å². The lowest BCUT2D eigenvalue weighted by Crippen LogP contribution is -2.41. The number of amides is 1. The van der Waals surface area contributed by atoms with Gasteiger partial charge in [-0.05, 0) is 18.6 Å². The van der Waals surface area contributed by atoms with E-state index in [0.29, 0.717) is 27.4 Å². The van der Waals surface area contributed by atoms with E-state index < -0.39 is 11.7 Å². The molecule has 0 saturated carbocycles. The Morgan fingerprint density at radius 2 is 1.92 bits per heavy atom. The highest BCUT2D eigenvalue weighted by Gasteiger charge is 2.17. The van der Waals surface area contributed by atoms with Gasteiger partial charge in [-0.15, -0.1) is 0 Å². The average Bonchev–Trinajstić information content (AvgIpc) is 2.94. The largest absolute Gasteiger partial charge is 0.489 e. The number of rotatable bonds is 6. The summed E-state index contributed by atoms with van der Waals surface area (Å²) < 4.78 is 6.60. The molecule has 24 heavy (non-hydrogen) atoms. The molecular formula is C15H16Cl3N3O3. The molecule has 1 aromatic carbocycles. The molecule has 1 aromatic heterocycles. The fourth-order valence-electron chi connectivity index (χ4n) is 2.12. The molecule has 130 valence electrons. The third-order valence-corrected chi connectivity index (χ3v) is 3.97. The van der Waals surface area contributed by atoms with Gasteiger partial charge in [0.2, 0.25) is 0 Å². The smallest absolute Gasteiger partial charge is 0.333 e. The first-order chi connectivity index (χ1) is 11.4. The molecule has 2 rings (SSSR count). The van der Waals surface area contributed by atoms with Crippen molar-refractivity contribution in [1.29, 1.82) is 0 Å². The van der Waals surface area contributed by atoms with E-state index in [9.17, 15) is 9.59 Å². The van der Waals surface area contributed by atoms with E-state index in [0.717, 1.165) is 11.0 Å². The Kier molecular flexibility index (Phi) is 6.60. The van der Waals surface area contributed by atoms with Crippen molar-refractivity contribution in [2.24, 2.45) is 0 Å². The van der Waals surface area contributed by atoms with Crippen molar-refractivity contribution >= 4 is 40.8 Å². The Hall–Kier alpha value is -1.63. The van der Waals surface area contributed by atoms with E-state index in [4.69, 9.17) is 39.5 Å². The molecule has 0 fully saturated rings. The number of H-pyrrole nitrogens is 1. The maximum absolute atomic E-state index is 12.4. The summed E-state index contributed by atoms with van der Waals surface area (Å²) in [6, 6.07) is 2.64. The zero-order chi connectivity index (χ0) is 17.7. The normalized spacial score (nSPS) is 10.7. The van der Waals surface area contributed by atoms with Crippen molar-refractivity contribution in [3.63, 3.8) is 0 Å². The van der Waals surface area contributed by atoms with Gasteiger partial charge < -0.3 is 14.6 Å². The molecule has 1 N–H and O–H groups in total. The molecule has 9 heteroatoms. The quantitative estimate of drug-likeness (QED) is 0.811. The fourth-order valence-corrected chi connectivity index (χ4v) is 3.05. The Labute approximate surface area is 153 Å². The summed E-state index contributed by atoms with van der Waals surface area (Å²) in [6.45, 7) is 2.88. The first kappa shape index (κ1) is 18.7. The number of hydrogen-bond acceptors (Lipinski definition) is 3. The Balaban J connectivity index is 2.04. The third kappa shape index (κ3) is 4.47. The van der Waals surface area contributed by atoms with Gasteiger partial charge in [-0.1, -0.05) is 41.7 Å². The number of hydrogen-bond donors (Lipinski definition) is 1. The number of benzene rings is 1. The van der Waals surface area contributed by atoms with Crippen LogP contribution in [0.1, 0.15) is 13.3 Å². The van der Waals surface area contributed by atoms with Gasteiger partial charge in [0, 0.05) is 24.0 Å². The number of nitrogens with one attached hydrogen (secondary N) is 1. The van der Waals surface area contributed by atoms with Gasteiger partial charge in [0.05, 0.1) is 16.6 Å². The highest BCUT2D eigenvalue weighted by atomic mass is 35.5. The minimum absolute atomic E-state index is 0.173. The van der Waals surface area contributed by atoms with Crippen LogP contribution in [-0.2, 0) is 0 Å². The van der Waals surface area contributed by atoms with Crippen LogP contribution in [0.25, 0.3) is 0 Å². The molecule has 0 aliphatic rings. The second-order valence-corrected chi connectivity index (χ2v) is 6.20. The minimum atomic E-state index is -0.481. The van der Waals surface area contributed by atoms with Crippen LogP contribution in [0.2, 0.25) is 15.1 Å². The fraction of sp³-hybridized carbons (Fsp3) is 0.333. The van der Waals surface area contributed by atoms with Crippen LogP contribution in [0, 0.1) is 0 Å².